The SMILES string of the molecule is O=C1[N-]S(=O)(=O)c2ccc3ccccc3c21.[Na+]. The number of sulfonamides is 1. The normalized spacial score (nSPS) is 16.1. The summed E-state index contributed by atoms with van der Waals surface area (Å²) in [6, 6.07) is 10.3. The molecule has 0 N–H and O–H groups in total. The van der Waals surface area contributed by atoms with Crippen LogP contribution in [0.5, 0.6) is 0 Å². The second kappa shape index (κ2) is 4.10. The van der Waals surface area contributed by atoms with Crippen molar-refractivity contribution in [2.45, 2.75) is 4.90 Å². The minimum absolute atomic E-state index is 0. The average Bonchev–Trinajstić information content (AvgIpc) is 2.49. The summed E-state index contributed by atoms with van der Waals surface area (Å²) in [7, 11) is -3.77. The largest absolute Gasteiger partial charge is 1.00 e. The molecule has 0 aromatic heterocycles. The fraction of sp³-hybridized carbons (Fsp3) is 0. The van der Waals surface area contributed by atoms with Gasteiger partial charge in [-0.3, -0.25) is 0 Å². The molecule has 0 fully saturated rings. The molecule has 1 amide bonds. The molecule has 0 bridgehead atoms. The van der Waals surface area contributed by atoms with Gasteiger partial charge in [0.2, 0.25) is 0 Å². The fourth-order valence-electron chi connectivity index (χ4n) is 1.89. The van der Waals surface area contributed by atoms with Crippen molar-refractivity contribution in [3.8, 4) is 0 Å². The topological polar surface area (TPSA) is 65.3 Å². The van der Waals surface area contributed by atoms with Gasteiger partial charge in [0.1, 0.15) is 10.0 Å². The number of hydrogen-bond donors (Lipinski definition) is 0. The molecule has 0 unspecified atom stereocenters. The molecule has 1 aliphatic heterocycles. The quantitative estimate of drug-likeness (QED) is 0.571. The first-order chi connectivity index (χ1) is 7.59. The second-order valence-electron chi connectivity index (χ2n) is 3.53. The summed E-state index contributed by atoms with van der Waals surface area (Å²) < 4.78 is 26.2. The summed E-state index contributed by atoms with van der Waals surface area (Å²) in [5.41, 5.74) is 0.193. The molecule has 3 rings (SSSR count). The molecule has 80 valence electrons. The van der Waals surface area contributed by atoms with Crippen LogP contribution in [-0.4, -0.2) is 14.3 Å². The molecule has 1 heterocycles. The third-order valence-electron chi connectivity index (χ3n) is 2.59. The Hall–Kier alpha value is -0.880. The van der Waals surface area contributed by atoms with E-state index in [1.54, 1.807) is 18.2 Å². The van der Waals surface area contributed by atoms with E-state index >= 15 is 0 Å². The molecule has 0 radical (unpaired) electrons. The number of rotatable bonds is 0. The van der Waals surface area contributed by atoms with Crippen LogP contribution in [0.4, 0.5) is 0 Å². The molecule has 6 heteroatoms. The van der Waals surface area contributed by atoms with Crippen molar-refractivity contribution in [1.82, 2.24) is 0 Å². The molecule has 2 aromatic carbocycles. The molecule has 17 heavy (non-hydrogen) atoms. The van der Waals surface area contributed by atoms with Crippen molar-refractivity contribution < 1.29 is 42.8 Å². The molecule has 0 saturated carbocycles. The van der Waals surface area contributed by atoms with Gasteiger partial charge in [0, 0.05) is 5.56 Å². The summed E-state index contributed by atoms with van der Waals surface area (Å²) in [5.74, 6) is -0.674. The van der Waals surface area contributed by atoms with Gasteiger partial charge in [-0.05, 0) is 16.8 Å². The Bertz CT molecular complexity index is 725. The Labute approximate surface area is 120 Å². The zero-order chi connectivity index (χ0) is 11.3. The average molecular weight is 255 g/mol. The number of amides is 1. The number of benzene rings is 2. The minimum atomic E-state index is -3.77. The van der Waals surface area contributed by atoms with Crippen molar-refractivity contribution in [3.63, 3.8) is 0 Å². The first kappa shape index (κ1) is 12.6. The van der Waals surface area contributed by atoms with Crippen LogP contribution in [-0.2, 0) is 10.0 Å². The van der Waals surface area contributed by atoms with Crippen molar-refractivity contribution in [3.05, 3.63) is 46.7 Å². The van der Waals surface area contributed by atoms with E-state index < -0.39 is 15.9 Å². The van der Waals surface area contributed by atoms with Gasteiger partial charge in [-0.25, -0.2) is 8.42 Å². The van der Waals surface area contributed by atoms with E-state index in [-0.39, 0.29) is 40.0 Å². The van der Waals surface area contributed by atoms with Gasteiger partial charge < -0.3 is 9.52 Å². The van der Waals surface area contributed by atoms with Crippen molar-refractivity contribution in [2.24, 2.45) is 0 Å². The molecule has 0 saturated heterocycles. The molecular formula is C11H6NNaO3S. The van der Waals surface area contributed by atoms with Crippen LogP contribution >= 0.6 is 0 Å². The maximum atomic E-state index is 11.5. The number of carbonyl (C=O) groups excluding carboxylic acids is 1. The molecule has 0 spiro atoms. The van der Waals surface area contributed by atoms with Gasteiger partial charge in [0.15, 0.2) is 0 Å². The summed E-state index contributed by atoms with van der Waals surface area (Å²) in [6.45, 7) is 0. The zero-order valence-corrected chi connectivity index (χ0v) is 11.9. The van der Waals surface area contributed by atoms with Gasteiger partial charge in [-0.15, -0.1) is 0 Å². The third kappa shape index (κ3) is 1.79. The Balaban J connectivity index is 0.00000108. The predicted molar refractivity (Wildman–Crippen MR) is 58.8 cm³/mol. The smallest absolute Gasteiger partial charge is 0.537 e. The molecular weight excluding hydrogens is 249 g/mol. The molecule has 2 aromatic rings. The van der Waals surface area contributed by atoms with Crippen molar-refractivity contribution in [2.75, 3.05) is 0 Å². The van der Waals surface area contributed by atoms with Gasteiger partial charge in [0.05, 0.1) is 10.8 Å². The monoisotopic (exact) mass is 255 g/mol. The van der Waals surface area contributed by atoms with Crippen LogP contribution in [0.15, 0.2) is 41.3 Å². The second-order valence-corrected chi connectivity index (χ2v) is 5.10. The van der Waals surface area contributed by atoms with Gasteiger partial charge in [0.25, 0.3) is 0 Å². The first-order valence-electron chi connectivity index (χ1n) is 4.64. The predicted octanol–water partition coefficient (Wildman–Crippen LogP) is -0.940. The van der Waals surface area contributed by atoms with E-state index in [0.29, 0.717) is 5.39 Å². The van der Waals surface area contributed by atoms with Crippen molar-refractivity contribution in [1.29, 1.82) is 0 Å². The standard InChI is InChI=1S/C11H7NO3S.Na/c13-11-10-8-4-2-1-3-7(8)5-6-9(10)16(14,15)12-11;/h1-6H,(H,12,13);/q;+1/p-1. The van der Waals surface area contributed by atoms with Crippen LogP contribution in [0, 0.1) is 0 Å². The summed E-state index contributed by atoms with van der Waals surface area (Å²) in [4.78, 5) is 11.6. The first-order valence-corrected chi connectivity index (χ1v) is 6.08. The van der Waals surface area contributed by atoms with E-state index in [1.165, 1.54) is 6.07 Å². The van der Waals surface area contributed by atoms with E-state index in [1.807, 2.05) is 12.1 Å². The Morgan fingerprint density at radius 3 is 2.47 bits per heavy atom. The Morgan fingerprint density at radius 2 is 1.71 bits per heavy atom. The Kier molecular flexibility index (Phi) is 3.03. The van der Waals surface area contributed by atoms with Crippen LogP contribution in [0.1, 0.15) is 10.4 Å². The third-order valence-corrected chi connectivity index (χ3v) is 3.89. The van der Waals surface area contributed by atoms with E-state index in [9.17, 15) is 13.2 Å². The molecule has 0 aliphatic carbocycles. The summed E-state index contributed by atoms with van der Waals surface area (Å²) >= 11 is 0. The minimum Gasteiger partial charge on any atom is -0.537 e. The van der Waals surface area contributed by atoms with Crippen LogP contribution < -0.4 is 29.6 Å². The van der Waals surface area contributed by atoms with Gasteiger partial charge >= 0.3 is 29.6 Å². The summed E-state index contributed by atoms with van der Waals surface area (Å²) in [6.07, 6.45) is 0. The van der Waals surface area contributed by atoms with Crippen LogP contribution in [0.3, 0.4) is 0 Å². The number of carbonyl (C=O) groups is 1. The molecule has 1 aliphatic rings. The maximum Gasteiger partial charge on any atom is 1.00 e. The van der Waals surface area contributed by atoms with Crippen LogP contribution in [0.2, 0.25) is 0 Å². The zero-order valence-electron chi connectivity index (χ0n) is 9.04. The maximum absolute atomic E-state index is 11.5. The van der Waals surface area contributed by atoms with Gasteiger partial charge in [-0.1, -0.05) is 30.3 Å². The number of fused-ring (bicyclic) bond motifs is 3. The van der Waals surface area contributed by atoms with Crippen molar-refractivity contribution >= 4 is 26.7 Å². The number of hydrogen-bond acceptors (Lipinski definition) is 3. The number of nitrogens with zero attached hydrogens (tertiary/aromatic N) is 1. The summed E-state index contributed by atoms with van der Waals surface area (Å²) in [5, 5.41) is 1.47. The van der Waals surface area contributed by atoms with E-state index in [4.69, 9.17) is 0 Å². The van der Waals surface area contributed by atoms with E-state index in [0.717, 1.165) is 5.39 Å². The van der Waals surface area contributed by atoms with Gasteiger partial charge in [-0.2, -0.15) is 0 Å². The van der Waals surface area contributed by atoms with E-state index in [2.05, 4.69) is 4.72 Å². The molecule has 0 atom stereocenters. The van der Waals surface area contributed by atoms with Crippen LogP contribution in [0.25, 0.3) is 15.5 Å². The fourth-order valence-corrected chi connectivity index (χ4v) is 2.99. The molecule has 4 nitrogen and oxygen atoms in total. The Morgan fingerprint density at radius 1 is 1.00 bits per heavy atom.